The molecule has 98 valence electrons. The summed E-state index contributed by atoms with van der Waals surface area (Å²) in [5.41, 5.74) is 5.89. The number of sulfonamides is 1. The van der Waals surface area contributed by atoms with Crippen LogP contribution >= 0.6 is 15.9 Å². The molecule has 0 bridgehead atoms. The van der Waals surface area contributed by atoms with Crippen molar-refractivity contribution in [2.45, 2.75) is 11.8 Å². The molecule has 18 heavy (non-hydrogen) atoms. The molecule has 1 atom stereocenters. The fourth-order valence-electron chi connectivity index (χ4n) is 1.45. The van der Waals surface area contributed by atoms with Crippen LogP contribution in [0, 0.1) is 17.2 Å². The Labute approximate surface area is 115 Å². The third-order valence-electron chi connectivity index (χ3n) is 2.41. The van der Waals surface area contributed by atoms with Gasteiger partial charge in [-0.2, -0.15) is 9.57 Å². The number of nitrogen functional groups attached to an aromatic ring is 1. The molecule has 2 N–H and O–H groups in total. The van der Waals surface area contributed by atoms with E-state index in [0.717, 1.165) is 4.31 Å². The lowest BCUT2D eigenvalue weighted by molar-refractivity contribution is 0.439. The van der Waals surface area contributed by atoms with E-state index in [9.17, 15) is 8.42 Å². The Hall–Kier alpha value is -1.10. The predicted octanol–water partition coefficient (Wildman–Crippen LogP) is 1.81. The van der Waals surface area contributed by atoms with Crippen LogP contribution in [0.25, 0.3) is 0 Å². The monoisotopic (exact) mass is 331 g/mol. The zero-order valence-electron chi connectivity index (χ0n) is 10.1. The van der Waals surface area contributed by atoms with E-state index in [2.05, 4.69) is 15.9 Å². The summed E-state index contributed by atoms with van der Waals surface area (Å²) >= 11 is 3.22. The van der Waals surface area contributed by atoms with Gasteiger partial charge in [-0.05, 0) is 25.1 Å². The lowest BCUT2D eigenvalue weighted by Crippen LogP contribution is -2.31. The normalized spacial score (nSPS) is 13.3. The second kappa shape index (κ2) is 5.69. The summed E-state index contributed by atoms with van der Waals surface area (Å²) in [4.78, 5) is 0.0540. The maximum atomic E-state index is 12.2. The SMILES string of the molecule is CC(C#N)CN(C)S(=O)(=O)c1ccc(Br)cc1N. The van der Waals surface area contributed by atoms with Gasteiger partial charge in [0.25, 0.3) is 0 Å². The largest absolute Gasteiger partial charge is 0.398 e. The van der Waals surface area contributed by atoms with Crippen molar-refractivity contribution < 1.29 is 8.42 Å². The number of nitrogens with zero attached hydrogens (tertiary/aromatic N) is 2. The molecule has 0 aliphatic rings. The number of hydrogen-bond donors (Lipinski definition) is 1. The first-order valence-corrected chi connectivity index (χ1v) is 7.43. The van der Waals surface area contributed by atoms with Crippen LogP contribution in [0.3, 0.4) is 0 Å². The molecule has 1 aromatic rings. The summed E-state index contributed by atoms with van der Waals surface area (Å²) < 4.78 is 26.3. The number of rotatable bonds is 4. The van der Waals surface area contributed by atoms with Crippen molar-refractivity contribution in [2.24, 2.45) is 5.92 Å². The van der Waals surface area contributed by atoms with E-state index >= 15 is 0 Å². The first kappa shape index (κ1) is 15.0. The summed E-state index contributed by atoms with van der Waals surface area (Å²) in [6.45, 7) is 1.80. The van der Waals surface area contributed by atoms with Crippen LogP contribution in [-0.2, 0) is 10.0 Å². The van der Waals surface area contributed by atoms with Crippen LogP contribution in [0.1, 0.15) is 6.92 Å². The smallest absolute Gasteiger partial charge is 0.244 e. The van der Waals surface area contributed by atoms with Crippen molar-refractivity contribution >= 4 is 31.6 Å². The van der Waals surface area contributed by atoms with Gasteiger partial charge in [-0.3, -0.25) is 0 Å². The van der Waals surface area contributed by atoms with Gasteiger partial charge in [0.15, 0.2) is 0 Å². The fraction of sp³-hybridized carbons (Fsp3) is 0.364. The van der Waals surface area contributed by atoms with Crippen LogP contribution in [0.4, 0.5) is 5.69 Å². The van der Waals surface area contributed by atoms with Crippen molar-refractivity contribution in [3.63, 3.8) is 0 Å². The molecule has 0 radical (unpaired) electrons. The molecule has 0 aliphatic heterocycles. The van der Waals surface area contributed by atoms with Crippen molar-refractivity contribution in [2.75, 3.05) is 19.3 Å². The van der Waals surface area contributed by atoms with Gasteiger partial charge in [0.2, 0.25) is 10.0 Å². The molecule has 0 saturated carbocycles. The Kier molecular flexibility index (Phi) is 4.73. The molecule has 0 aromatic heterocycles. The first-order valence-electron chi connectivity index (χ1n) is 5.20. The van der Waals surface area contributed by atoms with E-state index in [-0.39, 0.29) is 23.0 Å². The van der Waals surface area contributed by atoms with Crippen molar-refractivity contribution in [3.8, 4) is 6.07 Å². The van der Waals surface area contributed by atoms with Crippen molar-refractivity contribution in [3.05, 3.63) is 22.7 Å². The molecule has 1 unspecified atom stereocenters. The first-order chi connectivity index (χ1) is 8.28. The lowest BCUT2D eigenvalue weighted by atomic mass is 10.2. The molecular formula is C11H14BrN3O2S. The zero-order valence-corrected chi connectivity index (χ0v) is 12.5. The van der Waals surface area contributed by atoms with Crippen LogP contribution < -0.4 is 5.73 Å². The summed E-state index contributed by atoms with van der Waals surface area (Å²) in [6, 6.07) is 6.60. The van der Waals surface area contributed by atoms with Gasteiger partial charge in [-0.1, -0.05) is 15.9 Å². The standard InChI is InChI=1S/C11H14BrN3O2S/c1-8(6-13)7-15(2)18(16,17)11-4-3-9(12)5-10(11)14/h3-5,8H,7,14H2,1-2H3. The minimum absolute atomic E-state index is 0.0540. The van der Waals surface area contributed by atoms with Crippen LogP contribution in [0.2, 0.25) is 0 Å². The van der Waals surface area contributed by atoms with E-state index in [4.69, 9.17) is 11.0 Å². The van der Waals surface area contributed by atoms with Gasteiger partial charge >= 0.3 is 0 Å². The van der Waals surface area contributed by atoms with Crippen LogP contribution in [0.15, 0.2) is 27.6 Å². The summed E-state index contributed by atoms with van der Waals surface area (Å²) in [5, 5.41) is 8.71. The number of hydrogen-bond acceptors (Lipinski definition) is 4. The van der Waals surface area contributed by atoms with E-state index in [1.807, 2.05) is 6.07 Å². The highest BCUT2D eigenvalue weighted by molar-refractivity contribution is 9.10. The third kappa shape index (κ3) is 3.22. The van der Waals surface area contributed by atoms with Gasteiger partial charge in [-0.15, -0.1) is 0 Å². The average molecular weight is 332 g/mol. The molecule has 5 nitrogen and oxygen atoms in total. The Morgan fingerprint density at radius 3 is 2.67 bits per heavy atom. The lowest BCUT2D eigenvalue weighted by Gasteiger charge is -2.19. The number of benzene rings is 1. The highest BCUT2D eigenvalue weighted by Crippen LogP contribution is 2.25. The van der Waals surface area contributed by atoms with Gasteiger partial charge in [-0.25, -0.2) is 8.42 Å². The summed E-state index contributed by atoms with van der Waals surface area (Å²) in [5.74, 6) is -0.374. The Morgan fingerprint density at radius 2 is 2.17 bits per heavy atom. The van der Waals surface area contributed by atoms with Gasteiger partial charge in [0, 0.05) is 18.1 Å². The third-order valence-corrected chi connectivity index (χ3v) is 4.80. The average Bonchev–Trinajstić information content (AvgIpc) is 2.28. The molecule has 0 saturated heterocycles. The number of nitrogens with two attached hydrogens (primary N) is 1. The zero-order chi connectivity index (χ0) is 13.9. The quantitative estimate of drug-likeness (QED) is 0.852. The highest BCUT2D eigenvalue weighted by Gasteiger charge is 2.24. The van der Waals surface area contributed by atoms with Crippen molar-refractivity contribution in [1.82, 2.24) is 4.31 Å². The van der Waals surface area contributed by atoms with Crippen LogP contribution in [0.5, 0.6) is 0 Å². The van der Waals surface area contributed by atoms with E-state index in [1.54, 1.807) is 13.0 Å². The summed E-state index contributed by atoms with van der Waals surface area (Å²) in [7, 11) is -2.22. The molecule has 0 aliphatic carbocycles. The second-order valence-corrected chi connectivity index (χ2v) is 6.93. The van der Waals surface area contributed by atoms with Gasteiger partial charge in [0.05, 0.1) is 17.7 Å². The predicted molar refractivity (Wildman–Crippen MR) is 73.1 cm³/mol. The molecule has 0 fully saturated rings. The van der Waals surface area contributed by atoms with Crippen LogP contribution in [-0.4, -0.2) is 26.3 Å². The van der Waals surface area contributed by atoms with Crippen molar-refractivity contribution in [1.29, 1.82) is 5.26 Å². The maximum absolute atomic E-state index is 12.2. The minimum Gasteiger partial charge on any atom is -0.398 e. The Bertz CT molecular complexity index is 580. The summed E-state index contributed by atoms with van der Waals surface area (Å²) in [6.07, 6.45) is 0. The molecular weight excluding hydrogens is 318 g/mol. The topological polar surface area (TPSA) is 87.2 Å². The van der Waals surface area contributed by atoms with Gasteiger partial charge < -0.3 is 5.73 Å². The molecule has 0 spiro atoms. The fourth-order valence-corrected chi connectivity index (χ4v) is 3.18. The molecule has 1 aromatic carbocycles. The number of halogens is 1. The maximum Gasteiger partial charge on any atom is 0.244 e. The second-order valence-electron chi connectivity index (χ2n) is 4.00. The molecule has 7 heteroatoms. The minimum atomic E-state index is -3.66. The molecule has 0 amide bonds. The Morgan fingerprint density at radius 1 is 1.56 bits per heavy atom. The Balaban J connectivity index is 3.10. The highest BCUT2D eigenvalue weighted by atomic mass is 79.9. The van der Waals surface area contributed by atoms with E-state index < -0.39 is 10.0 Å². The van der Waals surface area contributed by atoms with E-state index in [0.29, 0.717) is 4.47 Å². The number of anilines is 1. The van der Waals surface area contributed by atoms with Gasteiger partial charge in [0.1, 0.15) is 4.90 Å². The molecule has 0 heterocycles. The van der Waals surface area contributed by atoms with E-state index in [1.165, 1.54) is 19.2 Å². The molecule has 1 rings (SSSR count). The number of nitriles is 1.